The van der Waals surface area contributed by atoms with Crippen molar-refractivity contribution in [2.45, 2.75) is 59.2 Å². The average molecular weight is 360 g/mol. The summed E-state index contributed by atoms with van der Waals surface area (Å²) in [5.41, 5.74) is 1.12. The molecule has 1 aliphatic heterocycles. The normalized spacial score (nSPS) is 16.1. The molecule has 0 saturated carbocycles. The van der Waals surface area contributed by atoms with Gasteiger partial charge in [-0.15, -0.1) is 0 Å². The van der Waals surface area contributed by atoms with E-state index in [4.69, 9.17) is 0 Å². The minimum atomic E-state index is 0.0522. The van der Waals surface area contributed by atoms with Gasteiger partial charge in [0.1, 0.15) is 0 Å². The van der Waals surface area contributed by atoms with Crippen LogP contribution in [-0.2, 0) is 16.1 Å². The Hall–Kier alpha value is -1.88. The van der Waals surface area contributed by atoms with Crippen molar-refractivity contribution < 1.29 is 9.59 Å². The Bertz CT molecular complexity index is 570. The fraction of sp³-hybridized carbons (Fsp3) is 0.619. The SMILES string of the molecule is CC(C)N(C(=O)CN1CCC(C(=O)NCc2ccccc2)CC1)C(C)C. The lowest BCUT2D eigenvalue weighted by Gasteiger charge is -2.35. The first-order valence-corrected chi connectivity index (χ1v) is 9.73. The summed E-state index contributed by atoms with van der Waals surface area (Å²) < 4.78 is 0. The second-order valence-corrected chi connectivity index (χ2v) is 7.74. The molecule has 1 N–H and O–H groups in total. The van der Waals surface area contributed by atoms with Crippen LogP contribution in [0.2, 0.25) is 0 Å². The van der Waals surface area contributed by atoms with Crippen molar-refractivity contribution in [2.75, 3.05) is 19.6 Å². The molecule has 1 heterocycles. The molecule has 2 rings (SSSR count). The molecule has 1 fully saturated rings. The van der Waals surface area contributed by atoms with E-state index in [0.29, 0.717) is 13.1 Å². The summed E-state index contributed by atoms with van der Waals surface area (Å²) in [6.45, 7) is 10.9. The zero-order chi connectivity index (χ0) is 19.1. The van der Waals surface area contributed by atoms with Gasteiger partial charge in [-0.3, -0.25) is 14.5 Å². The Balaban J connectivity index is 1.76. The van der Waals surface area contributed by atoms with Crippen molar-refractivity contribution in [3.63, 3.8) is 0 Å². The maximum Gasteiger partial charge on any atom is 0.237 e. The highest BCUT2D eigenvalue weighted by molar-refractivity contribution is 5.80. The van der Waals surface area contributed by atoms with Crippen molar-refractivity contribution in [1.29, 1.82) is 0 Å². The maximum atomic E-state index is 12.6. The van der Waals surface area contributed by atoms with Crippen LogP contribution in [-0.4, -0.2) is 53.3 Å². The van der Waals surface area contributed by atoms with Crippen molar-refractivity contribution in [2.24, 2.45) is 5.92 Å². The van der Waals surface area contributed by atoms with Gasteiger partial charge in [-0.05, 0) is 59.2 Å². The third kappa shape index (κ3) is 5.84. The molecular formula is C21H33N3O2. The molecule has 26 heavy (non-hydrogen) atoms. The summed E-state index contributed by atoms with van der Waals surface area (Å²) in [6.07, 6.45) is 1.63. The molecule has 2 amide bonds. The Morgan fingerprint density at radius 1 is 1.08 bits per heavy atom. The highest BCUT2D eigenvalue weighted by atomic mass is 16.2. The third-order valence-electron chi connectivity index (χ3n) is 5.03. The van der Waals surface area contributed by atoms with Gasteiger partial charge in [0, 0.05) is 24.5 Å². The van der Waals surface area contributed by atoms with E-state index in [2.05, 4.69) is 37.9 Å². The van der Waals surface area contributed by atoms with Crippen LogP contribution in [0.4, 0.5) is 0 Å². The maximum absolute atomic E-state index is 12.6. The van der Waals surface area contributed by atoms with Crippen molar-refractivity contribution in [3.8, 4) is 0 Å². The van der Waals surface area contributed by atoms with Crippen LogP contribution in [0, 0.1) is 5.92 Å². The standard InChI is InChI=1S/C21H33N3O2/c1-16(2)24(17(3)4)20(25)15-23-12-10-19(11-13-23)21(26)22-14-18-8-6-5-7-9-18/h5-9,16-17,19H,10-15H2,1-4H3,(H,22,26). The monoisotopic (exact) mass is 359 g/mol. The molecule has 1 aromatic rings. The zero-order valence-corrected chi connectivity index (χ0v) is 16.6. The molecule has 5 heteroatoms. The van der Waals surface area contributed by atoms with E-state index in [-0.39, 0.29) is 29.8 Å². The molecule has 0 aromatic heterocycles. The van der Waals surface area contributed by atoms with E-state index in [9.17, 15) is 9.59 Å². The first-order valence-electron chi connectivity index (χ1n) is 9.73. The van der Waals surface area contributed by atoms with E-state index < -0.39 is 0 Å². The number of carbonyl (C=O) groups is 2. The summed E-state index contributed by atoms with van der Waals surface area (Å²) >= 11 is 0. The van der Waals surface area contributed by atoms with E-state index >= 15 is 0 Å². The molecule has 1 aliphatic rings. The quantitative estimate of drug-likeness (QED) is 0.814. The molecule has 1 aromatic carbocycles. The average Bonchev–Trinajstić information content (AvgIpc) is 2.60. The van der Waals surface area contributed by atoms with Crippen molar-refractivity contribution >= 4 is 11.8 Å². The van der Waals surface area contributed by atoms with Gasteiger partial charge in [-0.2, -0.15) is 0 Å². The highest BCUT2D eigenvalue weighted by Gasteiger charge is 2.28. The summed E-state index contributed by atoms with van der Waals surface area (Å²) in [5, 5.41) is 3.04. The predicted molar refractivity (Wildman–Crippen MR) is 105 cm³/mol. The number of likely N-dealkylation sites (tertiary alicyclic amines) is 1. The highest BCUT2D eigenvalue weighted by Crippen LogP contribution is 2.18. The topological polar surface area (TPSA) is 52.7 Å². The van der Waals surface area contributed by atoms with Gasteiger partial charge in [0.25, 0.3) is 0 Å². The van der Waals surface area contributed by atoms with Gasteiger partial charge < -0.3 is 10.2 Å². The first kappa shape index (κ1) is 20.4. The lowest BCUT2D eigenvalue weighted by molar-refractivity contribution is -0.136. The summed E-state index contributed by atoms with van der Waals surface area (Å²) in [6, 6.07) is 10.4. The fourth-order valence-electron chi connectivity index (χ4n) is 3.73. The predicted octanol–water partition coefficient (Wildman–Crippen LogP) is 2.66. The second kappa shape index (κ2) is 9.72. The molecule has 0 radical (unpaired) electrons. The number of nitrogens with one attached hydrogen (secondary N) is 1. The number of rotatable bonds is 7. The molecule has 144 valence electrons. The summed E-state index contributed by atoms with van der Waals surface area (Å²) in [5.74, 6) is 0.365. The number of amides is 2. The van der Waals surface area contributed by atoms with E-state index in [1.54, 1.807) is 0 Å². The van der Waals surface area contributed by atoms with Crippen LogP contribution in [0.25, 0.3) is 0 Å². The molecule has 0 unspecified atom stereocenters. The minimum Gasteiger partial charge on any atom is -0.352 e. The van der Waals surface area contributed by atoms with E-state index in [1.807, 2.05) is 35.2 Å². The van der Waals surface area contributed by atoms with Gasteiger partial charge in [-0.25, -0.2) is 0 Å². The van der Waals surface area contributed by atoms with Crippen LogP contribution in [0.15, 0.2) is 30.3 Å². The van der Waals surface area contributed by atoms with Gasteiger partial charge in [0.2, 0.25) is 11.8 Å². The largest absolute Gasteiger partial charge is 0.352 e. The fourth-order valence-corrected chi connectivity index (χ4v) is 3.73. The number of hydrogen-bond acceptors (Lipinski definition) is 3. The number of piperidine rings is 1. The molecular weight excluding hydrogens is 326 g/mol. The first-order chi connectivity index (χ1) is 12.4. The van der Waals surface area contributed by atoms with Crippen LogP contribution in [0.5, 0.6) is 0 Å². The van der Waals surface area contributed by atoms with Crippen LogP contribution < -0.4 is 5.32 Å². The van der Waals surface area contributed by atoms with Crippen LogP contribution in [0.3, 0.4) is 0 Å². The van der Waals surface area contributed by atoms with Gasteiger partial charge in [0.15, 0.2) is 0 Å². The molecule has 5 nitrogen and oxygen atoms in total. The van der Waals surface area contributed by atoms with E-state index in [0.717, 1.165) is 31.5 Å². The lowest BCUT2D eigenvalue weighted by atomic mass is 9.95. The zero-order valence-electron chi connectivity index (χ0n) is 16.6. The van der Waals surface area contributed by atoms with Crippen molar-refractivity contribution in [1.82, 2.24) is 15.1 Å². The van der Waals surface area contributed by atoms with Gasteiger partial charge >= 0.3 is 0 Å². The van der Waals surface area contributed by atoms with Gasteiger partial charge in [-0.1, -0.05) is 30.3 Å². The summed E-state index contributed by atoms with van der Waals surface area (Å²) in [4.78, 5) is 29.1. The van der Waals surface area contributed by atoms with E-state index in [1.165, 1.54) is 0 Å². The third-order valence-corrected chi connectivity index (χ3v) is 5.03. The van der Waals surface area contributed by atoms with Gasteiger partial charge in [0.05, 0.1) is 6.54 Å². The number of carbonyl (C=O) groups excluding carboxylic acids is 2. The smallest absolute Gasteiger partial charge is 0.237 e. The minimum absolute atomic E-state index is 0.0522. The van der Waals surface area contributed by atoms with Crippen molar-refractivity contribution in [3.05, 3.63) is 35.9 Å². The molecule has 0 bridgehead atoms. The Morgan fingerprint density at radius 2 is 1.65 bits per heavy atom. The number of nitrogens with zero attached hydrogens (tertiary/aromatic N) is 2. The number of hydrogen-bond donors (Lipinski definition) is 1. The molecule has 0 aliphatic carbocycles. The summed E-state index contributed by atoms with van der Waals surface area (Å²) in [7, 11) is 0. The van der Waals surface area contributed by atoms with Crippen LogP contribution >= 0.6 is 0 Å². The molecule has 0 atom stereocenters. The lowest BCUT2D eigenvalue weighted by Crippen LogP contribution is -2.49. The molecule has 1 saturated heterocycles. The Kier molecular flexibility index (Phi) is 7.64. The number of benzene rings is 1. The Labute approximate surface area is 157 Å². The second-order valence-electron chi connectivity index (χ2n) is 7.74. The molecule has 0 spiro atoms. The Morgan fingerprint density at radius 3 is 2.19 bits per heavy atom. The van der Waals surface area contributed by atoms with Crippen LogP contribution in [0.1, 0.15) is 46.1 Å².